The van der Waals surface area contributed by atoms with Crippen molar-refractivity contribution in [2.75, 3.05) is 6.61 Å². The fourth-order valence-corrected chi connectivity index (χ4v) is 3.03. The van der Waals surface area contributed by atoms with Crippen molar-refractivity contribution in [2.45, 2.75) is 32.6 Å². The van der Waals surface area contributed by atoms with E-state index < -0.39 is 0 Å². The minimum absolute atomic E-state index is 0.0993. The number of rotatable bonds is 5. The summed E-state index contributed by atoms with van der Waals surface area (Å²) in [5.74, 6) is 1.78. The first-order valence-electron chi connectivity index (χ1n) is 8.06. The predicted molar refractivity (Wildman–Crippen MR) is 89.3 cm³/mol. The third kappa shape index (κ3) is 3.56. The Balaban J connectivity index is 1.64. The van der Waals surface area contributed by atoms with E-state index in [0.29, 0.717) is 0 Å². The summed E-state index contributed by atoms with van der Waals surface area (Å²) in [5, 5.41) is 0. The molecule has 2 heteroatoms. The van der Waals surface area contributed by atoms with E-state index in [1.54, 1.807) is 6.92 Å². The number of hydrogen-bond donors (Lipinski definition) is 0. The molecule has 114 valence electrons. The van der Waals surface area contributed by atoms with Gasteiger partial charge in [0.2, 0.25) is 0 Å². The molecule has 22 heavy (non-hydrogen) atoms. The molecule has 0 atom stereocenters. The van der Waals surface area contributed by atoms with Gasteiger partial charge in [-0.3, -0.25) is 4.79 Å². The average Bonchev–Trinajstić information content (AvgIpc) is 3.07. The summed E-state index contributed by atoms with van der Waals surface area (Å²) in [6.45, 7) is 2.43. The molecule has 2 aromatic rings. The molecule has 0 radical (unpaired) electrons. The highest BCUT2D eigenvalue weighted by molar-refractivity contribution is 5.94. The lowest BCUT2D eigenvalue weighted by Gasteiger charge is -2.11. The molecule has 0 heterocycles. The molecular weight excluding hydrogens is 272 g/mol. The van der Waals surface area contributed by atoms with E-state index in [-0.39, 0.29) is 5.78 Å². The SMILES string of the molecule is CC(=O)c1ccc(-c2ccc(OCC3CCCC3)cc2)cc1. The minimum atomic E-state index is 0.0993. The van der Waals surface area contributed by atoms with Crippen LogP contribution >= 0.6 is 0 Å². The monoisotopic (exact) mass is 294 g/mol. The molecule has 2 nitrogen and oxygen atoms in total. The normalized spacial score (nSPS) is 15.0. The zero-order valence-electron chi connectivity index (χ0n) is 13.0. The van der Waals surface area contributed by atoms with Crippen molar-refractivity contribution in [1.29, 1.82) is 0 Å². The molecule has 1 aliphatic rings. The molecule has 0 bridgehead atoms. The van der Waals surface area contributed by atoms with Crippen molar-refractivity contribution in [3.05, 3.63) is 54.1 Å². The van der Waals surface area contributed by atoms with E-state index in [0.717, 1.165) is 35.0 Å². The van der Waals surface area contributed by atoms with Crippen molar-refractivity contribution in [1.82, 2.24) is 0 Å². The largest absolute Gasteiger partial charge is 0.493 e. The summed E-state index contributed by atoms with van der Waals surface area (Å²) in [5.41, 5.74) is 3.01. The number of benzene rings is 2. The van der Waals surface area contributed by atoms with Crippen molar-refractivity contribution < 1.29 is 9.53 Å². The molecule has 0 aliphatic heterocycles. The van der Waals surface area contributed by atoms with E-state index in [1.165, 1.54) is 25.7 Å². The number of hydrogen-bond acceptors (Lipinski definition) is 2. The first-order valence-corrected chi connectivity index (χ1v) is 8.06. The van der Waals surface area contributed by atoms with Crippen molar-refractivity contribution >= 4 is 5.78 Å². The van der Waals surface area contributed by atoms with Crippen LogP contribution in [0.2, 0.25) is 0 Å². The van der Waals surface area contributed by atoms with Gasteiger partial charge >= 0.3 is 0 Å². The smallest absolute Gasteiger partial charge is 0.159 e. The number of ether oxygens (including phenoxy) is 1. The Morgan fingerprint density at radius 3 is 2.05 bits per heavy atom. The Hall–Kier alpha value is -2.09. The Bertz CT molecular complexity index is 620. The summed E-state index contributed by atoms with van der Waals surface area (Å²) in [7, 11) is 0. The highest BCUT2D eigenvalue weighted by Crippen LogP contribution is 2.27. The van der Waals surface area contributed by atoms with Gasteiger partial charge in [-0.25, -0.2) is 0 Å². The predicted octanol–water partition coefficient (Wildman–Crippen LogP) is 5.13. The Kier molecular flexibility index (Phi) is 4.57. The second-order valence-corrected chi connectivity index (χ2v) is 6.12. The first kappa shape index (κ1) is 14.8. The van der Waals surface area contributed by atoms with Gasteiger partial charge in [-0.05, 0) is 48.9 Å². The van der Waals surface area contributed by atoms with E-state index in [4.69, 9.17) is 4.74 Å². The van der Waals surface area contributed by atoms with Crippen molar-refractivity contribution in [2.24, 2.45) is 5.92 Å². The van der Waals surface area contributed by atoms with Crippen LogP contribution in [0.3, 0.4) is 0 Å². The van der Waals surface area contributed by atoms with Crippen LogP contribution in [0.1, 0.15) is 43.0 Å². The molecular formula is C20H22O2. The molecule has 1 saturated carbocycles. The minimum Gasteiger partial charge on any atom is -0.493 e. The Labute approximate surface area is 132 Å². The lowest BCUT2D eigenvalue weighted by molar-refractivity contribution is 0.101. The van der Waals surface area contributed by atoms with E-state index >= 15 is 0 Å². The maximum absolute atomic E-state index is 11.3. The summed E-state index contributed by atoms with van der Waals surface area (Å²) < 4.78 is 5.89. The van der Waals surface area contributed by atoms with Crippen LogP contribution < -0.4 is 4.74 Å². The summed E-state index contributed by atoms with van der Waals surface area (Å²) in [6.07, 6.45) is 5.31. The van der Waals surface area contributed by atoms with Crippen LogP contribution in [0.5, 0.6) is 5.75 Å². The van der Waals surface area contributed by atoms with Gasteiger partial charge in [0, 0.05) is 5.56 Å². The van der Waals surface area contributed by atoms with Crippen LogP contribution in [-0.2, 0) is 0 Å². The molecule has 0 amide bonds. The van der Waals surface area contributed by atoms with Gasteiger partial charge in [0.15, 0.2) is 5.78 Å². The molecule has 3 rings (SSSR count). The number of carbonyl (C=O) groups excluding carboxylic acids is 1. The topological polar surface area (TPSA) is 26.3 Å². The zero-order valence-corrected chi connectivity index (χ0v) is 13.0. The van der Waals surface area contributed by atoms with Gasteiger partial charge in [-0.1, -0.05) is 49.2 Å². The Morgan fingerprint density at radius 1 is 0.955 bits per heavy atom. The number of Topliss-reactive ketones (excluding diaryl/α,β-unsaturated/α-hetero) is 1. The quantitative estimate of drug-likeness (QED) is 0.715. The van der Waals surface area contributed by atoms with Crippen molar-refractivity contribution in [3.63, 3.8) is 0 Å². The maximum Gasteiger partial charge on any atom is 0.159 e. The second kappa shape index (κ2) is 6.78. The van der Waals surface area contributed by atoms with Gasteiger partial charge in [0.1, 0.15) is 5.75 Å². The maximum atomic E-state index is 11.3. The lowest BCUT2D eigenvalue weighted by Crippen LogP contribution is -2.07. The van der Waals surface area contributed by atoms with Gasteiger partial charge in [0.25, 0.3) is 0 Å². The van der Waals surface area contributed by atoms with Crippen LogP contribution in [-0.4, -0.2) is 12.4 Å². The highest BCUT2D eigenvalue weighted by atomic mass is 16.5. The van der Waals surface area contributed by atoms with E-state index in [9.17, 15) is 4.79 Å². The summed E-state index contributed by atoms with van der Waals surface area (Å²) in [4.78, 5) is 11.3. The fourth-order valence-electron chi connectivity index (χ4n) is 3.03. The molecule has 1 aliphatic carbocycles. The van der Waals surface area contributed by atoms with Crippen LogP contribution in [0.25, 0.3) is 11.1 Å². The van der Waals surface area contributed by atoms with Crippen LogP contribution in [0.15, 0.2) is 48.5 Å². The summed E-state index contributed by atoms with van der Waals surface area (Å²) >= 11 is 0. The highest BCUT2D eigenvalue weighted by Gasteiger charge is 2.15. The lowest BCUT2D eigenvalue weighted by atomic mass is 10.0. The molecule has 0 aromatic heterocycles. The average molecular weight is 294 g/mol. The van der Waals surface area contributed by atoms with Gasteiger partial charge in [-0.15, -0.1) is 0 Å². The standard InChI is InChI=1S/C20H22O2/c1-15(21)17-6-8-18(9-7-17)19-10-12-20(13-11-19)22-14-16-4-2-3-5-16/h6-13,16H,2-5,14H2,1H3. The number of carbonyl (C=O) groups is 1. The van der Waals surface area contributed by atoms with Gasteiger partial charge in [-0.2, -0.15) is 0 Å². The second-order valence-electron chi connectivity index (χ2n) is 6.12. The third-order valence-corrected chi connectivity index (χ3v) is 4.44. The molecule has 2 aromatic carbocycles. The number of ketones is 1. The molecule has 0 saturated heterocycles. The third-order valence-electron chi connectivity index (χ3n) is 4.44. The molecule has 0 N–H and O–H groups in total. The van der Waals surface area contributed by atoms with E-state index in [1.807, 2.05) is 36.4 Å². The molecule has 0 unspecified atom stereocenters. The molecule has 0 spiro atoms. The molecule has 1 fully saturated rings. The Morgan fingerprint density at radius 2 is 1.50 bits per heavy atom. The van der Waals surface area contributed by atoms with Crippen LogP contribution in [0, 0.1) is 5.92 Å². The van der Waals surface area contributed by atoms with Gasteiger partial charge < -0.3 is 4.74 Å². The van der Waals surface area contributed by atoms with Crippen LogP contribution in [0.4, 0.5) is 0 Å². The zero-order chi connectivity index (χ0) is 15.4. The fraction of sp³-hybridized carbons (Fsp3) is 0.350. The summed E-state index contributed by atoms with van der Waals surface area (Å²) in [6, 6.07) is 16.0. The van der Waals surface area contributed by atoms with Crippen molar-refractivity contribution in [3.8, 4) is 16.9 Å². The first-order chi connectivity index (χ1) is 10.7. The van der Waals surface area contributed by atoms with E-state index in [2.05, 4.69) is 12.1 Å². The van der Waals surface area contributed by atoms with Gasteiger partial charge in [0.05, 0.1) is 6.61 Å².